The Morgan fingerprint density at radius 2 is 1.93 bits per heavy atom. The number of nitrogens with zero attached hydrogens (tertiary/aromatic N) is 1. The van der Waals surface area contributed by atoms with Crippen molar-refractivity contribution in [2.24, 2.45) is 5.10 Å². The minimum atomic E-state index is -0.292. The first kappa shape index (κ1) is 19.8. The van der Waals surface area contributed by atoms with Crippen molar-refractivity contribution >= 4 is 57.1 Å². The van der Waals surface area contributed by atoms with Gasteiger partial charge in [-0.2, -0.15) is 5.10 Å². The van der Waals surface area contributed by atoms with E-state index in [1.165, 1.54) is 11.3 Å². The van der Waals surface area contributed by atoms with Gasteiger partial charge in [-0.15, -0.1) is 11.3 Å². The molecule has 3 aromatic rings. The summed E-state index contributed by atoms with van der Waals surface area (Å²) < 4.78 is 6.99. The molecule has 0 radical (unpaired) electrons. The third-order valence-electron chi connectivity index (χ3n) is 4.67. The first-order valence-electron chi connectivity index (χ1n) is 9.13. The number of hydrogen-bond acceptors (Lipinski definition) is 5. The Morgan fingerprint density at radius 3 is 2.66 bits per heavy atom. The highest BCUT2D eigenvalue weighted by molar-refractivity contribution is 14.1. The van der Waals surface area contributed by atoms with Gasteiger partial charge < -0.3 is 9.73 Å². The molecule has 148 valence electrons. The number of furan rings is 1. The van der Waals surface area contributed by atoms with Gasteiger partial charge in [-0.05, 0) is 78.1 Å². The smallest absolute Gasteiger partial charge is 0.291 e. The van der Waals surface area contributed by atoms with Crippen LogP contribution in [0.5, 0.6) is 0 Å². The van der Waals surface area contributed by atoms with Gasteiger partial charge in [0.1, 0.15) is 5.76 Å². The summed E-state index contributed by atoms with van der Waals surface area (Å²) in [6.45, 7) is 1.85. The fourth-order valence-electron chi connectivity index (χ4n) is 3.30. The second-order valence-corrected chi connectivity index (χ2v) is 8.84. The maximum atomic E-state index is 12.8. The molecule has 0 saturated carbocycles. The lowest BCUT2D eigenvalue weighted by molar-refractivity contribution is 0.0957. The summed E-state index contributed by atoms with van der Waals surface area (Å²) in [6, 6.07) is 11.1. The van der Waals surface area contributed by atoms with Gasteiger partial charge in [0.2, 0.25) is 0 Å². The summed E-state index contributed by atoms with van der Waals surface area (Å²) in [5.41, 5.74) is 5.65. The fourth-order valence-corrected chi connectivity index (χ4v) is 4.27. The van der Waals surface area contributed by atoms with Crippen LogP contribution in [0.1, 0.15) is 50.0 Å². The van der Waals surface area contributed by atoms with Crippen LogP contribution in [0.2, 0.25) is 0 Å². The molecule has 0 aliphatic heterocycles. The van der Waals surface area contributed by atoms with Crippen molar-refractivity contribution in [3.05, 3.63) is 72.9 Å². The molecule has 6 nitrogen and oxygen atoms in total. The predicted molar refractivity (Wildman–Crippen MR) is 122 cm³/mol. The number of thiophene rings is 1. The van der Waals surface area contributed by atoms with Gasteiger partial charge in [-0.3, -0.25) is 9.59 Å². The van der Waals surface area contributed by atoms with Crippen molar-refractivity contribution in [3.8, 4) is 0 Å². The number of carbonyl (C=O) groups excluding carboxylic acids is 2. The third kappa shape index (κ3) is 4.27. The largest absolute Gasteiger partial charge is 0.455 e. The van der Waals surface area contributed by atoms with E-state index < -0.39 is 0 Å². The monoisotopic (exact) mass is 519 g/mol. The van der Waals surface area contributed by atoms with Gasteiger partial charge in [0.05, 0.1) is 10.6 Å². The van der Waals surface area contributed by atoms with Crippen molar-refractivity contribution in [1.82, 2.24) is 5.43 Å². The van der Waals surface area contributed by atoms with Crippen molar-refractivity contribution in [3.63, 3.8) is 0 Å². The van der Waals surface area contributed by atoms with Gasteiger partial charge >= 0.3 is 0 Å². The summed E-state index contributed by atoms with van der Waals surface area (Å²) in [7, 11) is 0. The first-order chi connectivity index (χ1) is 14.0. The van der Waals surface area contributed by atoms with Crippen LogP contribution < -0.4 is 10.7 Å². The SMILES string of the molecule is Cc1c(C(=O)Nc2ccc(I)cc2)oc2c1/C(=N/NC(=O)c1cccs1)CCC2. The van der Waals surface area contributed by atoms with Crippen LogP contribution in [0.4, 0.5) is 5.69 Å². The van der Waals surface area contributed by atoms with E-state index in [0.29, 0.717) is 10.6 Å². The minimum Gasteiger partial charge on any atom is -0.455 e. The van der Waals surface area contributed by atoms with Crippen LogP contribution in [-0.2, 0) is 6.42 Å². The second kappa shape index (κ2) is 8.50. The molecular formula is C21H18IN3O3S. The van der Waals surface area contributed by atoms with Gasteiger partial charge in [0.15, 0.2) is 5.76 Å². The maximum absolute atomic E-state index is 12.8. The lowest BCUT2D eigenvalue weighted by Gasteiger charge is -2.13. The molecule has 1 aliphatic rings. The highest BCUT2D eigenvalue weighted by Gasteiger charge is 2.28. The van der Waals surface area contributed by atoms with E-state index in [-0.39, 0.29) is 17.6 Å². The molecule has 0 unspecified atom stereocenters. The van der Waals surface area contributed by atoms with E-state index >= 15 is 0 Å². The molecule has 0 atom stereocenters. The Balaban J connectivity index is 1.57. The quantitative estimate of drug-likeness (QED) is 0.377. The van der Waals surface area contributed by atoms with Gasteiger partial charge in [0.25, 0.3) is 11.8 Å². The minimum absolute atomic E-state index is 0.238. The molecule has 0 bridgehead atoms. The predicted octanol–water partition coefficient (Wildman–Crippen LogP) is 4.98. The van der Waals surface area contributed by atoms with Crippen LogP contribution in [0.3, 0.4) is 0 Å². The molecule has 2 N–H and O–H groups in total. The standard InChI is InChI=1S/C21H18IN3O3S/c1-12-18-15(24-25-20(26)17-6-3-11-29-17)4-2-5-16(18)28-19(12)21(27)23-14-9-7-13(22)8-10-14/h3,6-11H,2,4-5H2,1H3,(H,23,27)(H,25,26)/b24-15+. The molecule has 2 aromatic heterocycles. The highest BCUT2D eigenvalue weighted by atomic mass is 127. The number of anilines is 1. The zero-order valence-electron chi connectivity index (χ0n) is 15.6. The number of aryl methyl sites for hydroxylation is 1. The van der Waals surface area contributed by atoms with Crippen molar-refractivity contribution in [1.29, 1.82) is 0 Å². The summed E-state index contributed by atoms with van der Waals surface area (Å²) in [5.74, 6) is 0.496. The normalized spacial score (nSPS) is 14.5. The number of halogens is 1. The molecular weight excluding hydrogens is 501 g/mol. The molecule has 0 fully saturated rings. The molecule has 1 aromatic carbocycles. The van der Waals surface area contributed by atoms with Gasteiger partial charge in [0, 0.05) is 26.8 Å². The average Bonchev–Trinajstić information content (AvgIpc) is 3.37. The van der Waals surface area contributed by atoms with E-state index in [2.05, 4.69) is 38.4 Å². The zero-order chi connectivity index (χ0) is 20.4. The zero-order valence-corrected chi connectivity index (χ0v) is 18.6. The molecule has 1 aliphatic carbocycles. The number of nitrogens with one attached hydrogen (secondary N) is 2. The molecule has 0 spiro atoms. The van der Waals surface area contributed by atoms with Crippen LogP contribution in [0.25, 0.3) is 0 Å². The van der Waals surface area contributed by atoms with E-state index in [9.17, 15) is 9.59 Å². The van der Waals surface area contributed by atoms with Crippen molar-refractivity contribution in [2.75, 3.05) is 5.32 Å². The molecule has 2 heterocycles. The van der Waals surface area contributed by atoms with Gasteiger partial charge in [-0.1, -0.05) is 6.07 Å². The third-order valence-corrected chi connectivity index (χ3v) is 6.26. The average molecular weight is 519 g/mol. The van der Waals surface area contributed by atoms with E-state index in [1.54, 1.807) is 6.07 Å². The fraction of sp³-hybridized carbons (Fsp3) is 0.190. The lowest BCUT2D eigenvalue weighted by Crippen LogP contribution is -2.21. The Bertz CT molecular complexity index is 1090. The van der Waals surface area contributed by atoms with Crippen LogP contribution >= 0.6 is 33.9 Å². The Kier molecular flexibility index (Phi) is 5.81. The number of hydrogen-bond donors (Lipinski definition) is 2. The van der Waals surface area contributed by atoms with E-state index in [1.807, 2.05) is 42.6 Å². The highest BCUT2D eigenvalue weighted by Crippen LogP contribution is 2.30. The molecule has 8 heteroatoms. The Hall–Kier alpha value is -2.46. The Morgan fingerprint density at radius 1 is 1.14 bits per heavy atom. The van der Waals surface area contributed by atoms with Crippen LogP contribution in [0.15, 0.2) is 51.3 Å². The topological polar surface area (TPSA) is 83.7 Å². The van der Waals surface area contributed by atoms with E-state index in [4.69, 9.17) is 4.42 Å². The van der Waals surface area contributed by atoms with Gasteiger partial charge in [-0.25, -0.2) is 5.43 Å². The van der Waals surface area contributed by atoms with Crippen LogP contribution in [-0.4, -0.2) is 17.5 Å². The number of amides is 2. The summed E-state index contributed by atoms with van der Waals surface area (Å²) >= 11 is 3.58. The molecule has 0 saturated heterocycles. The summed E-state index contributed by atoms with van der Waals surface area (Å²) in [4.78, 5) is 25.5. The number of carbonyl (C=O) groups is 2. The number of hydrazone groups is 1. The molecule has 4 rings (SSSR count). The number of rotatable bonds is 4. The summed E-state index contributed by atoms with van der Waals surface area (Å²) in [6.07, 6.45) is 2.31. The second-order valence-electron chi connectivity index (χ2n) is 6.65. The number of benzene rings is 1. The van der Waals surface area contributed by atoms with Crippen molar-refractivity contribution in [2.45, 2.75) is 26.2 Å². The maximum Gasteiger partial charge on any atom is 0.291 e. The van der Waals surface area contributed by atoms with Crippen LogP contribution in [0, 0.1) is 10.5 Å². The Labute approximate surface area is 185 Å². The molecule has 29 heavy (non-hydrogen) atoms. The van der Waals surface area contributed by atoms with Crippen molar-refractivity contribution < 1.29 is 14.0 Å². The molecule has 2 amide bonds. The summed E-state index contributed by atoms with van der Waals surface area (Å²) in [5, 5.41) is 9.06. The van der Waals surface area contributed by atoms with E-state index in [0.717, 1.165) is 45.4 Å². The number of fused-ring (bicyclic) bond motifs is 1. The lowest BCUT2D eigenvalue weighted by atomic mass is 9.93. The first-order valence-corrected chi connectivity index (χ1v) is 11.1.